The maximum absolute atomic E-state index is 12.0. The van der Waals surface area contributed by atoms with Gasteiger partial charge in [0.1, 0.15) is 6.10 Å². The third-order valence-corrected chi connectivity index (χ3v) is 9.25. The number of fused-ring (bicyclic) bond motifs is 6. The monoisotopic (exact) mass is 360 g/mol. The summed E-state index contributed by atoms with van der Waals surface area (Å²) in [5.74, 6) is 1.86. The number of ketones is 1. The average Bonchev–Trinajstić information content (AvgIpc) is 3.15. The van der Waals surface area contributed by atoms with Crippen molar-refractivity contribution in [2.75, 3.05) is 0 Å². The molecule has 5 heteroatoms. The van der Waals surface area contributed by atoms with E-state index in [1.807, 2.05) is 6.08 Å². The lowest BCUT2D eigenvalue weighted by Gasteiger charge is -2.58. The Balaban J connectivity index is 1.45. The number of ether oxygens (including phenoxy) is 2. The van der Waals surface area contributed by atoms with E-state index in [9.17, 15) is 15.0 Å². The fourth-order valence-electron chi connectivity index (χ4n) is 8.30. The molecule has 0 aromatic carbocycles. The molecule has 2 bridgehead atoms. The van der Waals surface area contributed by atoms with Crippen LogP contribution in [-0.4, -0.2) is 40.8 Å². The number of hydrogen-bond acceptors (Lipinski definition) is 5. The predicted octanol–water partition coefficient (Wildman–Crippen LogP) is 2.16. The summed E-state index contributed by atoms with van der Waals surface area (Å²) in [4.78, 5) is 12.0. The van der Waals surface area contributed by atoms with Crippen molar-refractivity contribution in [3.05, 3.63) is 11.6 Å². The number of aliphatic hydroxyl groups is 2. The average molecular weight is 360 g/mol. The Bertz CT molecular complexity index is 703. The van der Waals surface area contributed by atoms with E-state index in [1.165, 1.54) is 5.57 Å². The van der Waals surface area contributed by atoms with Crippen molar-refractivity contribution in [1.29, 1.82) is 0 Å². The van der Waals surface area contributed by atoms with Crippen LogP contribution in [0, 0.1) is 34.5 Å². The molecule has 142 valence electrons. The molecule has 0 aromatic heterocycles. The van der Waals surface area contributed by atoms with Gasteiger partial charge in [-0.3, -0.25) is 4.79 Å². The highest BCUT2D eigenvalue weighted by molar-refractivity contribution is 5.91. The molecule has 0 unspecified atom stereocenters. The zero-order valence-electron chi connectivity index (χ0n) is 15.3. The highest BCUT2D eigenvalue weighted by Crippen LogP contribution is 2.73. The standard InChI is InChI=1S/C21H28O5/c1-20-7-6-11(22)8-10(20)2-3-12-13-4-5-14-17(23)18(24)26-19-21(13,14)9-15(25-19)16(12)20/h8,12-19,23-24H,2-7,9H2,1H3/t12-,13-,14+,15-,16+,17+,18+,19+,20-,21+/m0/s1. The molecular weight excluding hydrogens is 332 g/mol. The quantitative estimate of drug-likeness (QED) is 0.692. The van der Waals surface area contributed by atoms with E-state index in [-0.39, 0.29) is 34.9 Å². The lowest BCUT2D eigenvalue weighted by Crippen LogP contribution is -2.59. The van der Waals surface area contributed by atoms with E-state index >= 15 is 0 Å². The molecule has 5 nitrogen and oxygen atoms in total. The molecular formula is C21H28O5. The van der Waals surface area contributed by atoms with Crippen molar-refractivity contribution < 1.29 is 24.5 Å². The van der Waals surface area contributed by atoms with Gasteiger partial charge in [0.2, 0.25) is 0 Å². The second-order valence-corrected chi connectivity index (χ2v) is 9.91. The fraction of sp³-hybridized carbons (Fsp3) is 0.857. The molecule has 0 aromatic rings. The van der Waals surface area contributed by atoms with Gasteiger partial charge in [0, 0.05) is 17.8 Å². The minimum absolute atomic E-state index is 0.0475. The topological polar surface area (TPSA) is 76.0 Å². The Morgan fingerprint density at radius 3 is 2.77 bits per heavy atom. The van der Waals surface area contributed by atoms with Crippen molar-refractivity contribution in [1.82, 2.24) is 0 Å². The van der Waals surface area contributed by atoms with Gasteiger partial charge < -0.3 is 19.7 Å². The Hall–Kier alpha value is -0.750. The third-order valence-electron chi connectivity index (χ3n) is 9.25. The van der Waals surface area contributed by atoms with Crippen LogP contribution in [0.1, 0.15) is 51.9 Å². The van der Waals surface area contributed by atoms with Crippen LogP contribution >= 0.6 is 0 Å². The first kappa shape index (κ1) is 16.2. The van der Waals surface area contributed by atoms with Crippen LogP contribution < -0.4 is 0 Å². The summed E-state index contributed by atoms with van der Waals surface area (Å²) >= 11 is 0. The van der Waals surface area contributed by atoms with Crippen molar-refractivity contribution in [2.45, 2.75) is 76.7 Å². The predicted molar refractivity (Wildman–Crippen MR) is 91.7 cm³/mol. The van der Waals surface area contributed by atoms with Crippen molar-refractivity contribution in [3.63, 3.8) is 0 Å². The fourth-order valence-corrected chi connectivity index (χ4v) is 8.30. The minimum Gasteiger partial charge on any atom is -0.388 e. The Morgan fingerprint density at radius 2 is 1.92 bits per heavy atom. The van der Waals surface area contributed by atoms with Crippen LogP contribution in [0.3, 0.4) is 0 Å². The molecule has 3 saturated carbocycles. The van der Waals surface area contributed by atoms with Gasteiger partial charge >= 0.3 is 0 Å². The molecule has 6 rings (SSSR count). The van der Waals surface area contributed by atoms with Crippen molar-refractivity contribution in [2.24, 2.45) is 34.5 Å². The van der Waals surface area contributed by atoms with Crippen LogP contribution in [-0.2, 0) is 14.3 Å². The summed E-state index contributed by atoms with van der Waals surface area (Å²) in [7, 11) is 0. The zero-order chi connectivity index (χ0) is 17.8. The van der Waals surface area contributed by atoms with Gasteiger partial charge in [0.25, 0.3) is 0 Å². The zero-order valence-corrected chi connectivity index (χ0v) is 15.3. The number of allylic oxidation sites excluding steroid dienone is 1. The van der Waals surface area contributed by atoms with Crippen LogP contribution in [0.25, 0.3) is 0 Å². The first-order valence-electron chi connectivity index (χ1n) is 10.4. The molecule has 0 radical (unpaired) electrons. The van der Waals surface area contributed by atoms with Gasteiger partial charge in [-0.1, -0.05) is 12.5 Å². The number of rotatable bonds is 0. The second kappa shape index (κ2) is 4.99. The largest absolute Gasteiger partial charge is 0.388 e. The summed E-state index contributed by atoms with van der Waals surface area (Å²) in [6, 6.07) is 0. The molecule has 5 fully saturated rings. The van der Waals surface area contributed by atoms with Crippen LogP contribution in [0.15, 0.2) is 11.6 Å². The van der Waals surface area contributed by atoms with Crippen LogP contribution in [0.2, 0.25) is 0 Å². The SMILES string of the molecule is C[C@]12CCC(=O)C=C1CC[C@@H]1[C@@H]2[C@@H]2C[C@]34[C@@H](O[C@@H](O)[C@H](O)[C@H]3CC[C@@H]14)O2. The van der Waals surface area contributed by atoms with E-state index < -0.39 is 12.4 Å². The number of carbonyl (C=O) groups is 1. The van der Waals surface area contributed by atoms with E-state index in [0.717, 1.165) is 38.5 Å². The second-order valence-electron chi connectivity index (χ2n) is 9.91. The molecule has 6 aliphatic rings. The van der Waals surface area contributed by atoms with Gasteiger partial charge in [0.15, 0.2) is 18.4 Å². The molecule has 4 aliphatic carbocycles. The highest BCUT2D eigenvalue weighted by atomic mass is 16.7. The van der Waals surface area contributed by atoms with Crippen LogP contribution in [0.4, 0.5) is 0 Å². The Labute approximate surface area is 153 Å². The third kappa shape index (κ3) is 1.70. The molecule has 26 heavy (non-hydrogen) atoms. The first-order chi connectivity index (χ1) is 12.4. The van der Waals surface area contributed by atoms with Crippen LogP contribution in [0.5, 0.6) is 0 Å². The molecule has 2 saturated heterocycles. The van der Waals surface area contributed by atoms with Gasteiger partial charge in [-0.25, -0.2) is 0 Å². The maximum atomic E-state index is 12.0. The number of hydrogen-bond donors (Lipinski definition) is 2. The lowest BCUT2D eigenvalue weighted by atomic mass is 9.46. The lowest BCUT2D eigenvalue weighted by molar-refractivity contribution is -0.325. The van der Waals surface area contributed by atoms with E-state index in [0.29, 0.717) is 24.2 Å². The summed E-state index contributed by atoms with van der Waals surface area (Å²) in [5, 5.41) is 20.8. The summed E-state index contributed by atoms with van der Waals surface area (Å²) in [6.07, 6.45) is 6.43. The summed E-state index contributed by atoms with van der Waals surface area (Å²) < 4.78 is 12.3. The molecule has 1 spiro atoms. The van der Waals surface area contributed by atoms with E-state index in [4.69, 9.17) is 9.47 Å². The van der Waals surface area contributed by atoms with Gasteiger partial charge in [0.05, 0.1) is 6.10 Å². The van der Waals surface area contributed by atoms with Gasteiger partial charge in [-0.2, -0.15) is 0 Å². The van der Waals surface area contributed by atoms with Gasteiger partial charge in [-0.15, -0.1) is 0 Å². The highest BCUT2D eigenvalue weighted by Gasteiger charge is 2.73. The molecule has 0 amide bonds. The molecule has 10 atom stereocenters. The smallest absolute Gasteiger partial charge is 0.184 e. The molecule has 2 aliphatic heterocycles. The molecule has 2 N–H and O–H groups in total. The first-order valence-corrected chi connectivity index (χ1v) is 10.4. The summed E-state index contributed by atoms with van der Waals surface area (Å²) in [6.45, 7) is 2.35. The van der Waals surface area contributed by atoms with Gasteiger partial charge in [-0.05, 0) is 67.8 Å². The Kier molecular flexibility index (Phi) is 3.11. The summed E-state index contributed by atoms with van der Waals surface area (Å²) in [5.41, 5.74) is 1.26. The van der Waals surface area contributed by atoms with E-state index in [2.05, 4.69) is 6.92 Å². The van der Waals surface area contributed by atoms with E-state index in [1.54, 1.807) is 0 Å². The number of aliphatic hydroxyl groups excluding tert-OH is 2. The number of carbonyl (C=O) groups excluding carboxylic acids is 1. The minimum atomic E-state index is -1.13. The maximum Gasteiger partial charge on any atom is 0.184 e. The normalized spacial score (nSPS) is 60.1. The molecule has 2 heterocycles. The Morgan fingerprint density at radius 1 is 1.12 bits per heavy atom. The van der Waals surface area contributed by atoms with Crippen molar-refractivity contribution >= 4 is 5.78 Å². The van der Waals surface area contributed by atoms with Crippen molar-refractivity contribution in [3.8, 4) is 0 Å².